The quantitative estimate of drug-likeness (QED) is 0.803. The summed E-state index contributed by atoms with van der Waals surface area (Å²) in [7, 11) is 0. The predicted molar refractivity (Wildman–Crippen MR) is 69.6 cm³/mol. The summed E-state index contributed by atoms with van der Waals surface area (Å²) in [6.07, 6.45) is 5.24. The molecule has 0 heterocycles. The minimum absolute atomic E-state index is 0.0337. The normalized spacial score (nSPS) is 24.8. The number of rotatable bonds is 3. The fourth-order valence-corrected chi connectivity index (χ4v) is 3.02. The molecule has 0 radical (unpaired) electrons. The highest BCUT2D eigenvalue weighted by Crippen LogP contribution is 2.34. The lowest BCUT2D eigenvalue weighted by Gasteiger charge is -2.27. The van der Waals surface area contributed by atoms with E-state index in [1.165, 1.54) is 18.2 Å². The van der Waals surface area contributed by atoms with Crippen LogP contribution in [0.4, 0.5) is 8.78 Å². The minimum Gasteiger partial charge on any atom is -0.314 e. The van der Waals surface area contributed by atoms with E-state index in [2.05, 4.69) is 5.32 Å². The van der Waals surface area contributed by atoms with Crippen LogP contribution in [0.2, 0.25) is 0 Å². The molecule has 1 fully saturated rings. The average Bonchev–Trinajstić information content (AvgIpc) is 2.56. The highest BCUT2D eigenvalue weighted by molar-refractivity contribution is 5.25. The smallest absolute Gasteiger partial charge is 0.129 e. The van der Waals surface area contributed by atoms with Crippen LogP contribution >= 0.6 is 0 Å². The van der Waals surface area contributed by atoms with E-state index in [9.17, 15) is 8.78 Å². The van der Waals surface area contributed by atoms with Crippen LogP contribution in [-0.4, -0.2) is 12.6 Å². The molecule has 2 rings (SSSR count). The maximum absolute atomic E-state index is 13.9. The van der Waals surface area contributed by atoms with E-state index in [4.69, 9.17) is 0 Å². The summed E-state index contributed by atoms with van der Waals surface area (Å²) >= 11 is 0. The topological polar surface area (TPSA) is 12.0 Å². The van der Waals surface area contributed by atoms with Crippen LogP contribution in [0.15, 0.2) is 18.2 Å². The van der Waals surface area contributed by atoms with Crippen molar-refractivity contribution < 1.29 is 8.78 Å². The molecule has 3 heteroatoms. The minimum atomic E-state index is -0.398. The molecular weight excluding hydrogens is 232 g/mol. The van der Waals surface area contributed by atoms with Gasteiger partial charge < -0.3 is 5.32 Å². The van der Waals surface area contributed by atoms with Gasteiger partial charge in [-0.15, -0.1) is 0 Å². The fourth-order valence-electron chi connectivity index (χ4n) is 3.02. The second-order valence-electron chi connectivity index (χ2n) is 5.04. The lowest BCUT2D eigenvalue weighted by atomic mass is 9.87. The first kappa shape index (κ1) is 13.5. The molecule has 1 saturated carbocycles. The Kier molecular flexibility index (Phi) is 4.70. The van der Waals surface area contributed by atoms with Crippen LogP contribution in [0.3, 0.4) is 0 Å². The van der Waals surface area contributed by atoms with Gasteiger partial charge in [0.25, 0.3) is 0 Å². The number of hydrogen-bond acceptors (Lipinski definition) is 1. The van der Waals surface area contributed by atoms with Crippen molar-refractivity contribution in [1.29, 1.82) is 0 Å². The highest BCUT2D eigenvalue weighted by atomic mass is 19.1. The third-order valence-electron chi connectivity index (χ3n) is 3.85. The van der Waals surface area contributed by atoms with Gasteiger partial charge in [0.1, 0.15) is 11.6 Å². The Bertz CT molecular complexity index is 372. The first-order valence-corrected chi connectivity index (χ1v) is 6.91. The van der Waals surface area contributed by atoms with E-state index < -0.39 is 11.6 Å². The maximum Gasteiger partial charge on any atom is 0.129 e. The van der Waals surface area contributed by atoms with Gasteiger partial charge in [-0.1, -0.05) is 32.3 Å². The van der Waals surface area contributed by atoms with E-state index in [1.807, 2.05) is 6.92 Å². The van der Waals surface area contributed by atoms with Crippen LogP contribution in [0.1, 0.15) is 50.5 Å². The molecule has 2 unspecified atom stereocenters. The molecule has 1 nitrogen and oxygen atoms in total. The summed E-state index contributed by atoms with van der Waals surface area (Å²) in [6, 6.07) is 4.37. The molecule has 100 valence electrons. The number of likely N-dealkylation sites (N-methyl/N-ethyl adjacent to an activating group) is 1. The molecule has 1 aromatic rings. The van der Waals surface area contributed by atoms with Gasteiger partial charge in [0.2, 0.25) is 0 Å². The van der Waals surface area contributed by atoms with Crippen LogP contribution in [0, 0.1) is 11.6 Å². The van der Waals surface area contributed by atoms with Crippen LogP contribution < -0.4 is 5.32 Å². The molecule has 0 spiro atoms. The second-order valence-corrected chi connectivity index (χ2v) is 5.04. The van der Waals surface area contributed by atoms with Crippen molar-refractivity contribution >= 4 is 0 Å². The molecule has 0 aliphatic heterocycles. The Morgan fingerprint density at radius 3 is 2.44 bits per heavy atom. The molecule has 0 bridgehead atoms. The van der Waals surface area contributed by atoms with E-state index in [-0.39, 0.29) is 17.5 Å². The van der Waals surface area contributed by atoms with Crippen molar-refractivity contribution in [2.75, 3.05) is 6.54 Å². The monoisotopic (exact) mass is 253 g/mol. The van der Waals surface area contributed by atoms with Crippen molar-refractivity contribution in [2.45, 2.75) is 51.0 Å². The van der Waals surface area contributed by atoms with E-state index in [0.717, 1.165) is 38.6 Å². The Labute approximate surface area is 108 Å². The molecule has 1 aliphatic carbocycles. The third-order valence-corrected chi connectivity index (χ3v) is 3.85. The van der Waals surface area contributed by atoms with E-state index in [1.54, 1.807) is 0 Å². The molecule has 1 aromatic carbocycles. The number of hydrogen-bond donors (Lipinski definition) is 1. The van der Waals surface area contributed by atoms with Gasteiger partial charge in [-0.05, 0) is 31.5 Å². The molecule has 2 atom stereocenters. The summed E-state index contributed by atoms with van der Waals surface area (Å²) < 4.78 is 27.8. The number of nitrogens with one attached hydrogen (secondary N) is 1. The summed E-state index contributed by atoms with van der Waals surface area (Å²) in [5.74, 6) is -0.830. The zero-order valence-corrected chi connectivity index (χ0v) is 10.9. The van der Waals surface area contributed by atoms with Gasteiger partial charge in [0, 0.05) is 17.5 Å². The lowest BCUT2D eigenvalue weighted by molar-refractivity contribution is 0.394. The number of halogens is 2. The Morgan fingerprint density at radius 2 is 1.78 bits per heavy atom. The van der Waals surface area contributed by atoms with Gasteiger partial charge in [0.15, 0.2) is 0 Å². The molecule has 0 amide bonds. The molecule has 0 aromatic heterocycles. The summed E-state index contributed by atoms with van der Waals surface area (Å²) in [4.78, 5) is 0. The van der Waals surface area contributed by atoms with Gasteiger partial charge in [0.05, 0.1) is 0 Å². The van der Waals surface area contributed by atoms with Crippen LogP contribution in [0.25, 0.3) is 0 Å². The van der Waals surface area contributed by atoms with Crippen molar-refractivity contribution in [3.63, 3.8) is 0 Å². The van der Waals surface area contributed by atoms with Crippen molar-refractivity contribution in [3.05, 3.63) is 35.4 Å². The first-order valence-electron chi connectivity index (χ1n) is 6.91. The second kappa shape index (κ2) is 6.28. The Morgan fingerprint density at radius 1 is 1.11 bits per heavy atom. The third kappa shape index (κ3) is 2.89. The fraction of sp³-hybridized carbons (Fsp3) is 0.600. The van der Waals surface area contributed by atoms with E-state index in [0.29, 0.717) is 0 Å². The van der Waals surface area contributed by atoms with Crippen molar-refractivity contribution in [1.82, 2.24) is 5.32 Å². The molecule has 1 aliphatic rings. The number of benzene rings is 1. The van der Waals surface area contributed by atoms with Gasteiger partial charge in [-0.3, -0.25) is 0 Å². The molecular formula is C15H21F2N. The largest absolute Gasteiger partial charge is 0.314 e. The van der Waals surface area contributed by atoms with Gasteiger partial charge in [-0.2, -0.15) is 0 Å². The SMILES string of the molecule is CCNC1CCCCCC1c1c(F)cccc1F. The van der Waals surface area contributed by atoms with Gasteiger partial charge in [-0.25, -0.2) is 8.78 Å². The van der Waals surface area contributed by atoms with Crippen LogP contribution in [0.5, 0.6) is 0 Å². The van der Waals surface area contributed by atoms with Crippen LogP contribution in [-0.2, 0) is 0 Å². The van der Waals surface area contributed by atoms with Crippen molar-refractivity contribution in [2.24, 2.45) is 0 Å². The first-order chi connectivity index (χ1) is 8.74. The standard InChI is InChI=1S/C15H21F2N/c1-2-18-14-10-5-3-4-7-11(14)15-12(16)8-6-9-13(15)17/h6,8-9,11,14,18H,2-5,7,10H2,1H3. The lowest BCUT2D eigenvalue weighted by Crippen LogP contribution is -2.35. The predicted octanol–water partition coefficient (Wildman–Crippen LogP) is 3.99. The molecule has 18 heavy (non-hydrogen) atoms. The zero-order valence-electron chi connectivity index (χ0n) is 10.9. The van der Waals surface area contributed by atoms with Gasteiger partial charge >= 0.3 is 0 Å². The molecule has 1 N–H and O–H groups in total. The van der Waals surface area contributed by atoms with E-state index >= 15 is 0 Å². The highest BCUT2D eigenvalue weighted by Gasteiger charge is 2.28. The Hall–Kier alpha value is -0.960. The Balaban J connectivity index is 2.31. The average molecular weight is 253 g/mol. The summed E-state index contributed by atoms with van der Waals surface area (Å²) in [5.41, 5.74) is 0.283. The maximum atomic E-state index is 13.9. The molecule has 0 saturated heterocycles. The summed E-state index contributed by atoms with van der Waals surface area (Å²) in [5, 5.41) is 3.39. The summed E-state index contributed by atoms with van der Waals surface area (Å²) in [6.45, 7) is 2.89. The zero-order chi connectivity index (χ0) is 13.0. The van der Waals surface area contributed by atoms with Crippen molar-refractivity contribution in [3.8, 4) is 0 Å².